The van der Waals surface area contributed by atoms with Gasteiger partial charge in [-0.25, -0.2) is 34.7 Å². The molecular formula is C65H66ClLiN14O12. The number of ether oxygens (including phenoxy) is 3. The van der Waals surface area contributed by atoms with Gasteiger partial charge in [-0.1, -0.05) is 36.4 Å². The molecule has 0 fully saturated rings. The number of carbonyl (C=O) groups is 4. The first-order valence-corrected chi connectivity index (χ1v) is 27.5. The van der Waals surface area contributed by atoms with Crippen LogP contribution in [0, 0.1) is 37.8 Å². The van der Waals surface area contributed by atoms with Crippen LogP contribution in [0.15, 0.2) is 159 Å². The molecule has 28 heteroatoms. The summed E-state index contributed by atoms with van der Waals surface area (Å²) in [6.07, 6.45) is 16.1. The number of benzene rings is 3. The van der Waals surface area contributed by atoms with Crippen LogP contribution in [0.3, 0.4) is 0 Å². The number of nitro groups is 1. The van der Waals surface area contributed by atoms with Gasteiger partial charge in [0.15, 0.2) is 17.3 Å². The zero-order valence-electron chi connectivity index (χ0n) is 52.9. The molecule has 26 nitrogen and oxygen atoms in total. The SMILES string of the molecule is CC(=O)c1cc(N)cnc1C.CC(=O)c1cc([N+](=O)[O-])cnc1C.CO.COc1ccc(-c2cnc(Cl)nc2)cc1.COc1ccc(-c2cnc(Nc3cnc(C)c(C(=O)O)c3)nc2)cc1.COc1ccc(-c2cnc(Nc3cnc(C)c(C(C)=O)c3)nc2)cc1.[Li+].[OH-]. The van der Waals surface area contributed by atoms with Crippen LogP contribution in [0.25, 0.3) is 33.4 Å². The standard InChI is InChI=1S/C19H18N4O2.C18H16N4O3.C11H9ClN2O.C8H8N2O3.C8H10N2O.CH4O.Li.H2O/c1-12-18(13(2)24)8-16(11-20-12)23-19-21-9-15(10-22-19)14-4-6-17(25-3)7-5-14;1-11-16(17(23)24)7-14(10-19-11)22-18-20-8-13(9-21-18)12-3-5-15(25-2)6-4-12;1-15-10-4-2-8(3-5-10)9-6-13-11(12)14-7-9;1-5-8(6(2)11)3-7(4-9-5)10(12)13;1-5-8(6(2)11)3-7(9)4-10-5;1-2;;/h4-11H,1-3H3,(H,21,22,23);3-10H,1-2H3,(H,23,24)(H,20,21,22);2-7H,1H3;3-4H,1-2H3;3-4H,9H2,1-2H3;2H,1H3;;1H2/q;;;;;;+1;/p-1. The van der Waals surface area contributed by atoms with Gasteiger partial charge in [0.05, 0.1) is 73.2 Å². The number of ketones is 3. The maximum atomic E-state index is 11.6. The van der Waals surface area contributed by atoms with Gasteiger partial charge in [0, 0.05) is 101 Å². The molecule has 0 aliphatic carbocycles. The number of anilines is 5. The number of hydrogen-bond donors (Lipinski definition) is 5. The Hall–Kier alpha value is -11.0. The number of carbonyl (C=O) groups excluding carboxylic acids is 3. The van der Waals surface area contributed by atoms with Gasteiger partial charge in [-0.2, -0.15) is 0 Å². The van der Waals surface area contributed by atoms with Crippen LogP contribution in [-0.4, -0.2) is 122 Å². The van der Waals surface area contributed by atoms with Crippen molar-refractivity contribution in [3.63, 3.8) is 0 Å². The molecule has 93 heavy (non-hydrogen) atoms. The van der Waals surface area contributed by atoms with Gasteiger partial charge in [-0.3, -0.25) is 44.4 Å². The van der Waals surface area contributed by atoms with Crippen molar-refractivity contribution in [2.24, 2.45) is 0 Å². The fourth-order valence-electron chi connectivity index (χ4n) is 7.81. The number of Topliss-reactive ketones (excluding diaryl/α,β-unsaturated/α-hetero) is 3. The molecule has 0 atom stereocenters. The van der Waals surface area contributed by atoms with Crippen LogP contribution >= 0.6 is 11.6 Å². The Morgan fingerprint density at radius 2 is 0.763 bits per heavy atom. The molecule has 0 aliphatic rings. The largest absolute Gasteiger partial charge is 1.00 e. The molecule has 0 spiro atoms. The van der Waals surface area contributed by atoms with Crippen LogP contribution < -0.4 is 49.4 Å². The molecule has 0 bridgehead atoms. The number of aliphatic hydroxyl groups is 1. The summed E-state index contributed by atoms with van der Waals surface area (Å²) in [6, 6.07) is 29.1. The molecule has 0 unspecified atom stereocenters. The second-order valence-electron chi connectivity index (χ2n) is 18.9. The van der Waals surface area contributed by atoms with Crippen molar-refractivity contribution in [3.05, 3.63) is 219 Å². The number of aromatic carboxylic acids is 1. The Kier molecular flexibility index (Phi) is 31.0. The number of halogens is 1. The third-order valence-corrected chi connectivity index (χ3v) is 12.8. The summed E-state index contributed by atoms with van der Waals surface area (Å²) in [5.74, 6) is 1.95. The van der Waals surface area contributed by atoms with Crippen LogP contribution in [0.5, 0.6) is 17.2 Å². The molecule has 476 valence electrons. The number of nitrogens with one attached hydrogen (secondary N) is 2. The van der Waals surface area contributed by atoms with Gasteiger partial charge < -0.3 is 46.3 Å². The summed E-state index contributed by atoms with van der Waals surface area (Å²) >= 11 is 5.60. The number of methoxy groups -OCH3 is 3. The topological polar surface area (TPSA) is 389 Å². The first-order valence-electron chi connectivity index (χ1n) is 27.1. The number of rotatable bonds is 15. The summed E-state index contributed by atoms with van der Waals surface area (Å²) in [7, 11) is 5.89. The minimum absolute atomic E-state index is 0. The Labute approximate surface area is 552 Å². The van der Waals surface area contributed by atoms with Crippen molar-refractivity contribution in [1.29, 1.82) is 0 Å². The Balaban J connectivity index is 0.000000310. The van der Waals surface area contributed by atoms with Crippen molar-refractivity contribution in [3.8, 4) is 50.6 Å². The van der Waals surface area contributed by atoms with E-state index in [1.54, 1.807) is 117 Å². The van der Waals surface area contributed by atoms with Gasteiger partial charge in [0.1, 0.15) is 23.4 Å². The number of nitrogen functional groups attached to an aromatic ring is 1. The number of pyridine rings is 4. The summed E-state index contributed by atoms with van der Waals surface area (Å²) in [6.45, 7) is 11.3. The fraction of sp³-hybridized carbons (Fsp3) is 0.169. The summed E-state index contributed by atoms with van der Waals surface area (Å²) in [5, 5.41) is 32.8. The molecule has 10 aromatic rings. The monoisotopic (exact) mass is 1280 g/mol. The van der Waals surface area contributed by atoms with Crippen LogP contribution in [0.2, 0.25) is 5.28 Å². The number of carboxylic acid groups (broad SMARTS) is 1. The molecule has 7 aromatic heterocycles. The first kappa shape index (κ1) is 76.2. The normalized spacial score (nSPS) is 9.73. The number of aliphatic hydroxyl groups excluding tert-OH is 1. The Morgan fingerprint density at radius 3 is 1.09 bits per heavy atom. The van der Waals surface area contributed by atoms with E-state index in [1.807, 2.05) is 72.8 Å². The number of nitrogens with zero attached hydrogens (tertiary/aromatic N) is 11. The molecule has 0 saturated carbocycles. The maximum Gasteiger partial charge on any atom is 1.00 e. The third-order valence-electron chi connectivity index (χ3n) is 12.6. The number of hydrogen-bond acceptors (Lipinski definition) is 24. The fourth-order valence-corrected chi connectivity index (χ4v) is 7.91. The third kappa shape index (κ3) is 23.4. The smallest absolute Gasteiger partial charge is 0.870 e. The summed E-state index contributed by atoms with van der Waals surface area (Å²) in [4.78, 5) is 95.5. The van der Waals surface area contributed by atoms with E-state index in [9.17, 15) is 29.3 Å². The molecule has 10 rings (SSSR count). The zero-order valence-corrected chi connectivity index (χ0v) is 53.7. The van der Waals surface area contributed by atoms with E-state index in [1.165, 1.54) is 32.9 Å². The Bertz CT molecular complexity index is 3930. The quantitative estimate of drug-likeness (QED) is 0.0210. The molecule has 7 heterocycles. The number of nitrogens with two attached hydrogens (primary N) is 1. The van der Waals surface area contributed by atoms with Gasteiger partial charge >= 0.3 is 24.8 Å². The molecule has 3 aromatic carbocycles. The predicted molar refractivity (Wildman–Crippen MR) is 348 cm³/mol. The maximum absolute atomic E-state index is 11.6. The number of aryl methyl sites for hydroxylation is 4. The van der Waals surface area contributed by atoms with Gasteiger partial charge in [0.2, 0.25) is 17.2 Å². The first-order chi connectivity index (χ1) is 43.5. The van der Waals surface area contributed by atoms with E-state index in [2.05, 4.69) is 60.5 Å². The average molecular weight is 1280 g/mol. The van der Waals surface area contributed by atoms with E-state index < -0.39 is 10.9 Å². The summed E-state index contributed by atoms with van der Waals surface area (Å²) < 4.78 is 15.4. The van der Waals surface area contributed by atoms with Crippen molar-refractivity contribution in [1.82, 2.24) is 49.8 Å². The molecule has 0 amide bonds. The average Bonchev–Trinajstić information content (AvgIpc) is 1.66. The van der Waals surface area contributed by atoms with Crippen molar-refractivity contribution < 1.29 is 72.9 Å². The van der Waals surface area contributed by atoms with Crippen LogP contribution in [0.1, 0.15) is 85.0 Å². The van der Waals surface area contributed by atoms with E-state index in [0.717, 1.165) is 69.6 Å². The van der Waals surface area contributed by atoms with E-state index in [0.29, 0.717) is 62.7 Å². The van der Waals surface area contributed by atoms with Gasteiger partial charge in [-0.05, 0) is 131 Å². The number of carboxylic acids is 1. The second-order valence-corrected chi connectivity index (χ2v) is 19.3. The molecule has 0 saturated heterocycles. The molecule has 0 radical (unpaired) electrons. The van der Waals surface area contributed by atoms with Crippen molar-refractivity contribution in [2.45, 2.75) is 48.5 Å². The van der Waals surface area contributed by atoms with Crippen LogP contribution in [0.4, 0.5) is 34.6 Å². The van der Waals surface area contributed by atoms with E-state index in [4.69, 9.17) is 41.8 Å². The van der Waals surface area contributed by atoms with E-state index >= 15 is 0 Å². The van der Waals surface area contributed by atoms with Crippen molar-refractivity contribution >= 4 is 69.6 Å². The van der Waals surface area contributed by atoms with Crippen molar-refractivity contribution in [2.75, 3.05) is 44.8 Å². The molecule has 7 N–H and O–H groups in total. The minimum atomic E-state index is -1.02. The number of aromatic nitrogens is 10. The molecule has 0 aliphatic heterocycles. The van der Waals surface area contributed by atoms with E-state index in [-0.39, 0.29) is 58.2 Å². The second kappa shape index (κ2) is 37.9. The molecular weight excluding hydrogens is 1210 g/mol. The zero-order chi connectivity index (χ0) is 66.7. The van der Waals surface area contributed by atoms with Gasteiger partial charge in [0.25, 0.3) is 5.69 Å². The van der Waals surface area contributed by atoms with Crippen LogP contribution in [-0.2, 0) is 0 Å². The van der Waals surface area contributed by atoms with Gasteiger partial charge in [-0.15, -0.1) is 0 Å². The minimum Gasteiger partial charge on any atom is -0.870 e. The summed E-state index contributed by atoms with van der Waals surface area (Å²) in [5.41, 5.74) is 16.7. The predicted octanol–water partition coefficient (Wildman–Crippen LogP) is 9.02. The Morgan fingerprint density at radius 1 is 0.462 bits per heavy atom.